The van der Waals surface area contributed by atoms with Crippen molar-refractivity contribution >= 4 is 0 Å². The highest BCUT2D eigenvalue weighted by atomic mass is 19.4. The molecule has 1 heterocycles. The van der Waals surface area contributed by atoms with Gasteiger partial charge in [0.1, 0.15) is 18.1 Å². The molecule has 0 unspecified atom stereocenters. The van der Waals surface area contributed by atoms with E-state index in [0.29, 0.717) is 12.3 Å². The van der Waals surface area contributed by atoms with Gasteiger partial charge in [-0.05, 0) is 30.8 Å². The number of ether oxygens (including phenoxy) is 1. The normalized spacial score (nSPS) is 11.6. The summed E-state index contributed by atoms with van der Waals surface area (Å²) < 4.78 is 48.5. The van der Waals surface area contributed by atoms with Gasteiger partial charge in [-0.25, -0.2) is 0 Å². The van der Waals surface area contributed by atoms with Gasteiger partial charge in [-0.1, -0.05) is 13.0 Å². The van der Waals surface area contributed by atoms with Crippen LogP contribution in [0.4, 0.5) is 13.2 Å². The summed E-state index contributed by atoms with van der Waals surface area (Å²) in [7, 11) is 0. The molecule has 0 saturated heterocycles. The maximum Gasteiger partial charge on any atom is 0.416 e. The van der Waals surface area contributed by atoms with E-state index in [4.69, 9.17) is 9.15 Å². The summed E-state index contributed by atoms with van der Waals surface area (Å²) in [5.41, 5.74) is 0.205. The summed E-state index contributed by atoms with van der Waals surface area (Å²) in [5.74, 6) is 0.768. The molecule has 0 fully saturated rings. The van der Waals surface area contributed by atoms with Gasteiger partial charge in [0.05, 0.1) is 11.8 Å². The van der Waals surface area contributed by atoms with Gasteiger partial charge in [0.2, 0.25) is 0 Å². The third-order valence-corrected chi connectivity index (χ3v) is 2.93. The molecule has 0 aliphatic rings. The zero-order valence-corrected chi connectivity index (χ0v) is 11.5. The van der Waals surface area contributed by atoms with Crippen LogP contribution in [0.2, 0.25) is 0 Å². The number of furan rings is 1. The molecule has 21 heavy (non-hydrogen) atoms. The van der Waals surface area contributed by atoms with E-state index in [1.807, 2.05) is 13.0 Å². The van der Waals surface area contributed by atoms with Crippen LogP contribution in [-0.4, -0.2) is 6.54 Å². The van der Waals surface area contributed by atoms with Gasteiger partial charge in [-0.15, -0.1) is 0 Å². The van der Waals surface area contributed by atoms with E-state index in [1.165, 1.54) is 18.4 Å². The standard InChI is InChI=1S/C15H16F3NO2/c1-2-19-9-11-6-7-20-14(11)10-21-13-5-3-4-12(8-13)15(16,17)18/h3-8,19H,2,9-10H2,1H3. The molecule has 6 heteroatoms. The minimum atomic E-state index is -4.37. The predicted molar refractivity (Wildman–Crippen MR) is 71.9 cm³/mol. The number of rotatable bonds is 6. The summed E-state index contributed by atoms with van der Waals surface area (Å²) in [4.78, 5) is 0. The highest BCUT2D eigenvalue weighted by Gasteiger charge is 2.30. The van der Waals surface area contributed by atoms with Gasteiger partial charge in [0.25, 0.3) is 0 Å². The summed E-state index contributed by atoms with van der Waals surface area (Å²) in [6.45, 7) is 3.53. The number of hydrogen-bond donors (Lipinski definition) is 1. The minimum Gasteiger partial charge on any atom is -0.486 e. The molecule has 3 nitrogen and oxygen atoms in total. The average Bonchev–Trinajstić information content (AvgIpc) is 2.90. The van der Waals surface area contributed by atoms with Gasteiger partial charge in [-0.2, -0.15) is 13.2 Å². The van der Waals surface area contributed by atoms with Gasteiger partial charge in [0, 0.05) is 12.1 Å². The Balaban J connectivity index is 2.02. The molecule has 0 spiro atoms. The van der Waals surface area contributed by atoms with Crippen LogP contribution in [0.25, 0.3) is 0 Å². The molecule has 2 rings (SSSR count). The Morgan fingerprint density at radius 1 is 1.24 bits per heavy atom. The van der Waals surface area contributed by atoms with Crippen molar-refractivity contribution in [1.29, 1.82) is 0 Å². The number of halogens is 3. The summed E-state index contributed by atoms with van der Waals surface area (Å²) in [6.07, 6.45) is -2.84. The quantitative estimate of drug-likeness (QED) is 0.876. The van der Waals surface area contributed by atoms with Crippen molar-refractivity contribution in [2.24, 2.45) is 0 Å². The molecular weight excluding hydrogens is 283 g/mol. The van der Waals surface area contributed by atoms with Crippen LogP contribution < -0.4 is 10.1 Å². The van der Waals surface area contributed by atoms with Crippen LogP contribution in [0.15, 0.2) is 41.0 Å². The number of hydrogen-bond acceptors (Lipinski definition) is 3. The zero-order valence-electron chi connectivity index (χ0n) is 11.5. The zero-order chi connectivity index (χ0) is 15.3. The van der Waals surface area contributed by atoms with E-state index in [-0.39, 0.29) is 12.4 Å². The number of benzene rings is 1. The van der Waals surface area contributed by atoms with Crippen molar-refractivity contribution in [3.8, 4) is 5.75 Å². The fourth-order valence-electron chi connectivity index (χ4n) is 1.82. The van der Waals surface area contributed by atoms with E-state index in [1.54, 1.807) is 0 Å². The molecule has 1 aromatic heterocycles. The van der Waals surface area contributed by atoms with Crippen LogP contribution >= 0.6 is 0 Å². The van der Waals surface area contributed by atoms with Gasteiger partial charge in [0.15, 0.2) is 0 Å². The maximum absolute atomic E-state index is 12.6. The lowest BCUT2D eigenvalue weighted by atomic mass is 10.2. The first-order chi connectivity index (χ1) is 10.0. The first kappa shape index (κ1) is 15.4. The molecule has 0 radical (unpaired) electrons. The molecule has 0 bridgehead atoms. The molecule has 1 N–H and O–H groups in total. The third-order valence-electron chi connectivity index (χ3n) is 2.93. The molecule has 0 saturated carbocycles. The second kappa shape index (κ2) is 6.67. The van der Waals surface area contributed by atoms with Crippen molar-refractivity contribution in [3.63, 3.8) is 0 Å². The fraction of sp³-hybridized carbons (Fsp3) is 0.333. The van der Waals surface area contributed by atoms with Crippen molar-refractivity contribution in [1.82, 2.24) is 5.32 Å². The third kappa shape index (κ3) is 4.26. The molecule has 0 aliphatic heterocycles. The van der Waals surface area contributed by atoms with Crippen molar-refractivity contribution < 1.29 is 22.3 Å². The average molecular weight is 299 g/mol. The predicted octanol–water partition coefficient (Wildman–Crippen LogP) is 3.99. The van der Waals surface area contributed by atoms with Crippen LogP contribution in [0.1, 0.15) is 23.8 Å². The number of nitrogens with one attached hydrogen (secondary N) is 1. The largest absolute Gasteiger partial charge is 0.486 e. The van der Waals surface area contributed by atoms with E-state index >= 15 is 0 Å². The molecular formula is C15H16F3NO2. The Bertz CT molecular complexity index is 578. The van der Waals surface area contributed by atoms with Crippen molar-refractivity contribution in [3.05, 3.63) is 53.5 Å². The Morgan fingerprint density at radius 2 is 2.05 bits per heavy atom. The Kier molecular flexibility index (Phi) is 4.90. The highest BCUT2D eigenvalue weighted by molar-refractivity contribution is 5.30. The molecule has 0 atom stereocenters. The van der Waals surface area contributed by atoms with E-state index in [9.17, 15) is 13.2 Å². The SMILES string of the molecule is CCNCc1ccoc1COc1cccc(C(F)(F)F)c1. The lowest BCUT2D eigenvalue weighted by molar-refractivity contribution is -0.137. The Morgan fingerprint density at radius 3 is 2.76 bits per heavy atom. The first-order valence-electron chi connectivity index (χ1n) is 6.56. The topological polar surface area (TPSA) is 34.4 Å². The molecule has 114 valence electrons. The molecule has 0 amide bonds. The van der Waals surface area contributed by atoms with Crippen LogP contribution in [-0.2, 0) is 19.3 Å². The molecule has 2 aromatic rings. The van der Waals surface area contributed by atoms with Gasteiger partial charge >= 0.3 is 6.18 Å². The van der Waals surface area contributed by atoms with E-state index in [0.717, 1.165) is 24.2 Å². The van der Waals surface area contributed by atoms with Gasteiger partial charge in [-0.3, -0.25) is 0 Å². The van der Waals surface area contributed by atoms with E-state index < -0.39 is 11.7 Å². The maximum atomic E-state index is 12.6. The van der Waals surface area contributed by atoms with Gasteiger partial charge < -0.3 is 14.5 Å². The Labute approximate surface area is 120 Å². The second-order valence-corrected chi connectivity index (χ2v) is 4.46. The number of alkyl halides is 3. The summed E-state index contributed by atoms with van der Waals surface area (Å²) in [6, 6.07) is 6.61. The second-order valence-electron chi connectivity index (χ2n) is 4.46. The molecule has 1 aromatic carbocycles. The summed E-state index contributed by atoms with van der Waals surface area (Å²) in [5, 5.41) is 3.15. The molecule has 0 aliphatic carbocycles. The van der Waals surface area contributed by atoms with E-state index in [2.05, 4.69) is 5.32 Å². The van der Waals surface area contributed by atoms with Crippen LogP contribution in [0.3, 0.4) is 0 Å². The Hall–Kier alpha value is -1.95. The van der Waals surface area contributed by atoms with Crippen LogP contribution in [0.5, 0.6) is 5.75 Å². The van der Waals surface area contributed by atoms with Crippen LogP contribution in [0, 0.1) is 0 Å². The monoisotopic (exact) mass is 299 g/mol. The minimum absolute atomic E-state index is 0.0923. The smallest absolute Gasteiger partial charge is 0.416 e. The lowest BCUT2D eigenvalue weighted by Crippen LogP contribution is -2.12. The fourth-order valence-corrected chi connectivity index (χ4v) is 1.82. The first-order valence-corrected chi connectivity index (χ1v) is 6.56. The summed E-state index contributed by atoms with van der Waals surface area (Å²) >= 11 is 0. The van der Waals surface area contributed by atoms with Crippen molar-refractivity contribution in [2.45, 2.75) is 26.3 Å². The lowest BCUT2D eigenvalue weighted by Gasteiger charge is -2.10. The van der Waals surface area contributed by atoms with Crippen molar-refractivity contribution in [2.75, 3.05) is 6.54 Å². The highest BCUT2D eigenvalue weighted by Crippen LogP contribution is 2.31.